The van der Waals surface area contributed by atoms with E-state index in [4.69, 9.17) is 5.14 Å². The molecule has 8 heteroatoms. The van der Waals surface area contributed by atoms with Gasteiger partial charge in [0, 0.05) is 17.5 Å². The zero-order valence-corrected chi connectivity index (χ0v) is 10.7. The van der Waals surface area contributed by atoms with Crippen molar-refractivity contribution in [3.8, 4) is 0 Å². The minimum Gasteiger partial charge on any atom is -0.393 e. The highest BCUT2D eigenvalue weighted by Gasteiger charge is 2.24. The Kier molecular flexibility index (Phi) is 4.05. The first-order valence-corrected chi connectivity index (χ1v) is 6.68. The summed E-state index contributed by atoms with van der Waals surface area (Å²) in [5.41, 5.74) is -0.0997. The third-order valence-electron chi connectivity index (χ3n) is 2.74. The second kappa shape index (κ2) is 5.01. The molecule has 7 nitrogen and oxygen atoms in total. The second-order valence-electron chi connectivity index (χ2n) is 4.05. The molecule has 0 heterocycles. The molecular formula is C10H14N2O5S. The molecule has 0 fully saturated rings. The molecule has 0 spiro atoms. The number of nitrogens with zero attached hydrogens (tertiary/aromatic N) is 1. The van der Waals surface area contributed by atoms with Gasteiger partial charge in [0.2, 0.25) is 10.0 Å². The number of sulfonamides is 1. The van der Waals surface area contributed by atoms with Crippen molar-refractivity contribution in [2.45, 2.75) is 30.8 Å². The van der Waals surface area contributed by atoms with Gasteiger partial charge in [0.05, 0.1) is 15.9 Å². The van der Waals surface area contributed by atoms with E-state index in [9.17, 15) is 23.6 Å². The molecule has 3 N–H and O–H groups in total. The third-order valence-corrected chi connectivity index (χ3v) is 3.65. The maximum atomic E-state index is 11.1. The Labute approximate surface area is 104 Å². The van der Waals surface area contributed by atoms with Crippen LogP contribution in [0.5, 0.6) is 0 Å². The van der Waals surface area contributed by atoms with Crippen molar-refractivity contribution in [3.63, 3.8) is 0 Å². The summed E-state index contributed by atoms with van der Waals surface area (Å²) in [7, 11) is -3.99. The topological polar surface area (TPSA) is 124 Å². The molecule has 18 heavy (non-hydrogen) atoms. The number of primary sulfonamides is 1. The number of hydrogen-bond acceptors (Lipinski definition) is 5. The Morgan fingerprint density at radius 1 is 1.39 bits per heavy atom. The van der Waals surface area contributed by atoms with Crippen LogP contribution in [0.4, 0.5) is 5.69 Å². The van der Waals surface area contributed by atoms with Crippen molar-refractivity contribution in [2.75, 3.05) is 0 Å². The Hall–Kier alpha value is -1.51. The van der Waals surface area contributed by atoms with Crippen molar-refractivity contribution in [1.29, 1.82) is 0 Å². The normalized spacial score (nSPS) is 15.1. The Morgan fingerprint density at radius 2 is 1.94 bits per heavy atom. The molecule has 1 rings (SSSR count). The van der Waals surface area contributed by atoms with Crippen molar-refractivity contribution >= 4 is 15.7 Å². The molecule has 0 bridgehead atoms. The number of nitrogens with two attached hydrogens (primary N) is 1. The lowest BCUT2D eigenvalue weighted by molar-refractivity contribution is -0.386. The van der Waals surface area contributed by atoms with Gasteiger partial charge in [-0.3, -0.25) is 10.1 Å². The highest BCUT2D eigenvalue weighted by molar-refractivity contribution is 7.89. The van der Waals surface area contributed by atoms with Crippen molar-refractivity contribution in [3.05, 3.63) is 33.9 Å². The third kappa shape index (κ3) is 3.03. The molecule has 0 aliphatic heterocycles. The number of benzene rings is 1. The predicted molar refractivity (Wildman–Crippen MR) is 64.6 cm³/mol. The first-order chi connectivity index (χ1) is 8.14. The van der Waals surface area contributed by atoms with Crippen LogP contribution in [0.15, 0.2) is 23.1 Å². The lowest BCUT2D eigenvalue weighted by atomic mass is 9.95. The summed E-state index contributed by atoms with van der Waals surface area (Å²) < 4.78 is 22.3. The van der Waals surface area contributed by atoms with Gasteiger partial charge in [-0.15, -0.1) is 0 Å². The lowest BCUT2D eigenvalue weighted by Crippen LogP contribution is -2.15. The Bertz CT molecular complexity index is 568. The van der Waals surface area contributed by atoms with Gasteiger partial charge in [0.1, 0.15) is 0 Å². The van der Waals surface area contributed by atoms with Crippen molar-refractivity contribution < 1.29 is 18.4 Å². The highest BCUT2D eigenvalue weighted by Crippen LogP contribution is 2.30. The molecule has 1 aromatic rings. The minimum absolute atomic E-state index is 0.266. The largest absolute Gasteiger partial charge is 0.393 e. The monoisotopic (exact) mass is 274 g/mol. The molecule has 1 aromatic carbocycles. The summed E-state index contributed by atoms with van der Waals surface area (Å²) in [6.45, 7) is 3.12. The smallest absolute Gasteiger partial charge is 0.274 e. The van der Waals surface area contributed by atoms with Gasteiger partial charge in [0.15, 0.2) is 0 Å². The highest BCUT2D eigenvalue weighted by atomic mass is 32.2. The van der Waals surface area contributed by atoms with E-state index < -0.39 is 27.0 Å². The fourth-order valence-corrected chi connectivity index (χ4v) is 2.04. The maximum absolute atomic E-state index is 11.1. The van der Waals surface area contributed by atoms with Crippen molar-refractivity contribution in [1.82, 2.24) is 0 Å². The van der Waals surface area contributed by atoms with Gasteiger partial charge in [-0.2, -0.15) is 0 Å². The van der Waals surface area contributed by atoms with E-state index in [1.165, 1.54) is 19.1 Å². The summed E-state index contributed by atoms with van der Waals surface area (Å²) in [6, 6.07) is 3.40. The molecule has 2 atom stereocenters. The van der Waals surface area contributed by atoms with Gasteiger partial charge < -0.3 is 5.11 Å². The molecular weight excluding hydrogens is 260 g/mol. The van der Waals surface area contributed by atoms with Crippen molar-refractivity contribution in [2.24, 2.45) is 5.14 Å². The second-order valence-corrected chi connectivity index (χ2v) is 5.61. The van der Waals surface area contributed by atoms with Gasteiger partial charge in [-0.05, 0) is 13.0 Å². The predicted octanol–water partition coefficient (Wildman–Crippen LogP) is 0.727. The number of aliphatic hydroxyl groups excluding tert-OH is 1. The number of rotatable bonds is 4. The van der Waals surface area contributed by atoms with Crippen LogP contribution in [-0.4, -0.2) is 24.6 Å². The van der Waals surface area contributed by atoms with E-state index in [0.717, 1.165) is 6.07 Å². The average Bonchev–Trinajstić information content (AvgIpc) is 2.25. The van der Waals surface area contributed by atoms with Crippen LogP contribution < -0.4 is 5.14 Å². The Balaban J connectivity index is 3.43. The summed E-state index contributed by atoms with van der Waals surface area (Å²) in [5, 5.41) is 25.3. The number of aliphatic hydroxyl groups is 1. The van der Waals surface area contributed by atoms with Gasteiger partial charge >= 0.3 is 0 Å². The fourth-order valence-electron chi connectivity index (χ4n) is 1.50. The first kappa shape index (κ1) is 14.6. The quantitative estimate of drug-likeness (QED) is 0.618. The van der Waals surface area contributed by atoms with E-state index >= 15 is 0 Å². The number of nitro groups is 1. The molecule has 0 aliphatic carbocycles. The standard InChI is InChI=1S/C10H14N2O5S/c1-6(7(2)13)9-4-3-8(18(11,16)17)5-10(9)12(14)15/h3-7,13H,1-2H3,(H2,11,16,17). The molecule has 0 radical (unpaired) electrons. The molecule has 0 amide bonds. The fraction of sp³-hybridized carbons (Fsp3) is 0.400. The van der Waals surface area contributed by atoms with Gasteiger partial charge in [-0.25, -0.2) is 13.6 Å². The Morgan fingerprint density at radius 3 is 2.33 bits per heavy atom. The van der Waals surface area contributed by atoms with E-state index in [1.807, 2.05) is 0 Å². The summed E-state index contributed by atoms with van der Waals surface area (Å²) in [5.74, 6) is -0.486. The van der Waals surface area contributed by atoms with E-state index in [0.29, 0.717) is 0 Å². The van der Waals surface area contributed by atoms with Crippen LogP contribution in [0.3, 0.4) is 0 Å². The zero-order chi connectivity index (χ0) is 14.1. The van der Waals surface area contributed by atoms with Crippen LogP contribution in [-0.2, 0) is 10.0 Å². The maximum Gasteiger partial charge on any atom is 0.274 e. The lowest BCUT2D eigenvalue weighted by Gasteiger charge is -2.15. The van der Waals surface area contributed by atoms with Crippen LogP contribution in [0, 0.1) is 10.1 Å². The van der Waals surface area contributed by atoms with Crippen LogP contribution >= 0.6 is 0 Å². The van der Waals surface area contributed by atoms with Crippen LogP contribution in [0.1, 0.15) is 25.3 Å². The van der Waals surface area contributed by atoms with E-state index in [-0.39, 0.29) is 16.1 Å². The number of hydrogen-bond donors (Lipinski definition) is 2. The van der Waals surface area contributed by atoms with E-state index in [2.05, 4.69) is 0 Å². The molecule has 0 saturated heterocycles. The van der Waals surface area contributed by atoms with Crippen LogP contribution in [0.2, 0.25) is 0 Å². The zero-order valence-electron chi connectivity index (χ0n) is 9.90. The molecule has 0 aromatic heterocycles. The van der Waals surface area contributed by atoms with Gasteiger partial charge in [-0.1, -0.05) is 13.0 Å². The number of nitro benzene ring substituents is 1. The minimum atomic E-state index is -3.99. The molecule has 0 aliphatic rings. The molecule has 2 unspecified atom stereocenters. The SMILES string of the molecule is CC(O)C(C)c1ccc(S(N)(=O)=O)cc1[N+](=O)[O-]. The van der Waals surface area contributed by atoms with Crippen LogP contribution in [0.25, 0.3) is 0 Å². The van der Waals surface area contributed by atoms with E-state index in [1.54, 1.807) is 6.92 Å². The summed E-state index contributed by atoms with van der Waals surface area (Å²) >= 11 is 0. The summed E-state index contributed by atoms with van der Waals surface area (Å²) in [6.07, 6.45) is -0.788. The molecule has 0 saturated carbocycles. The average molecular weight is 274 g/mol. The summed E-state index contributed by atoms with van der Waals surface area (Å²) in [4.78, 5) is 9.90. The molecule has 100 valence electrons. The van der Waals surface area contributed by atoms with Gasteiger partial charge in [0.25, 0.3) is 5.69 Å². The first-order valence-electron chi connectivity index (χ1n) is 5.13.